The van der Waals surface area contributed by atoms with Crippen molar-refractivity contribution in [1.29, 1.82) is 0 Å². The molecule has 6 heteroatoms. The first kappa shape index (κ1) is 9.53. The standard InChI is InChI=1S/C10H8N2O3S/c13-8-3-6(9(14)11-8)12-4-7-5(10(12)15)1-2-16-7/h1-2,6H,3-4H2,(H,11,13,14). The summed E-state index contributed by atoms with van der Waals surface area (Å²) in [6.45, 7) is 0.442. The smallest absolute Gasteiger partial charge is 0.256 e. The van der Waals surface area contributed by atoms with Crippen LogP contribution in [0.25, 0.3) is 0 Å². The van der Waals surface area contributed by atoms with Crippen molar-refractivity contribution in [2.45, 2.75) is 19.0 Å². The van der Waals surface area contributed by atoms with Crippen LogP contribution in [0.3, 0.4) is 0 Å². The Morgan fingerprint density at radius 1 is 1.38 bits per heavy atom. The van der Waals surface area contributed by atoms with Gasteiger partial charge in [0.2, 0.25) is 11.8 Å². The third-order valence-electron chi connectivity index (χ3n) is 2.87. The van der Waals surface area contributed by atoms with Gasteiger partial charge in [0.25, 0.3) is 5.91 Å². The third kappa shape index (κ3) is 1.19. The van der Waals surface area contributed by atoms with Crippen LogP contribution in [-0.4, -0.2) is 28.7 Å². The van der Waals surface area contributed by atoms with Crippen molar-refractivity contribution < 1.29 is 14.4 Å². The maximum Gasteiger partial charge on any atom is 0.256 e. The van der Waals surface area contributed by atoms with E-state index in [2.05, 4.69) is 5.32 Å². The Balaban J connectivity index is 1.89. The minimum atomic E-state index is -0.625. The number of nitrogens with one attached hydrogen (secondary N) is 1. The number of hydrogen-bond donors (Lipinski definition) is 1. The average molecular weight is 236 g/mol. The second kappa shape index (κ2) is 3.15. The Morgan fingerprint density at radius 3 is 2.81 bits per heavy atom. The summed E-state index contributed by atoms with van der Waals surface area (Å²) in [6.07, 6.45) is 0.0829. The molecular weight excluding hydrogens is 228 g/mol. The quantitative estimate of drug-likeness (QED) is 0.704. The van der Waals surface area contributed by atoms with Gasteiger partial charge in [-0.2, -0.15) is 0 Å². The molecule has 5 nitrogen and oxygen atoms in total. The zero-order valence-corrected chi connectivity index (χ0v) is 9.04. The summed E-state index contributed by atoms with van der Waals surface area (Å²) in [5.41, 5.74) is 0.664. The summed E-state index contributed by atoms with van der Waals surface area (Å²) in [5, 5.41) is 4.08. The summed E-state index contributed by atoms with van der Waals surface area (Å²) >= 11 is 1.50. The third-order valence-corrected chi connectivity index (χ3v) is 3.78. The van der Waals surface area contributed by atoms with E-state index in [1.54, 1.807) is 6.07 Å². The predicted octanol–water partition coefficient (Wildman–Crippen LogP) is 0.119. The van der Waals surface area contributed by atoms with E-state index in [1.165, 1.54) is 16.2 Å². The molecule has 0 bridgehead atoms. The first-order valence-electron chi connectivity index (χ1n) is 4.88. The van der Waals surface area contributed by atoms with Crippen molar-refractivity contribution >= 4 is 29.1 Å². The van der Waals surface area contributed by atoms with Crippen LogP contribution in [0.5, 0.6) is 0 Å². The monoisotopic (exact) mass is 236 g/mol. The SMILES string of the molecule is O=C1CC(N2Cc3sccc3C2=O)C(=O)N1. The number of rotatable bonds is 1. The van der Waals surface area contributed by atoms with Gasteiger partial charge in [-0.1, -0.05) is 0 Å². The van der Waals surface area contributed by atoms with Crippen LogP contribution in [0.1, 0.15) is 21.7 Å². The highest BCUT2D eigenvalue weighted by atomic mass is 32.1. The molecule has 0 aliphatic carbocycles. The number of nitrogens with zero attached hydrogens (tertiary/aromatic N) is 1. The Bertz CT molecular complexity index is 508. The first-order valence-corrected chi connectivity index (χ1v) is 5.76. The number of carbonyl (C=O) groups excluding carboxylic acids is 3. The predicted molar refractivity (Wildman–Crippen MR) is 55.7 cm³/mol. The van der Waals surface area contributed by atoms with Gasteiger partial charge in [-0.25, -0.2) is 0 Å². The van der Waals surface area contributed by atoms with E-state index in [9.17, 15) is 14.4 Å². The maximum absolute atomic E-state index is 11.9. The van der Waals surface area contributed by atoms with Gasteiger partial charge in [0.1, 0.15) is 6.04 Å². The van der Waals surface area contributed by atoms with Gasteiger partial charge in [-0.3, -0.25) is 19.7 Å². The molecule has 16 heavy (non-hydrogen) atoms. The largest absolute Gasteiger partial charge is 0.321 e. The van der Waals surface area contributed by atoms with Crippen molar-refractivity contribution in [1.82, 2.24) is 10.2 Å². The molecule has 2 aliphatic rings. The molecule has 2 aliphatic heterocycles. The number of thiophene rings is 1. The van der Waals surface area contributed by atoms with Crippen LogP contribution in [-0.2, 0) is 16.1 Å². The van der Waals surface area contributed by atoms with E-state index in [1.807, 2.05) is 5.38 Å². The Hall–Kier alpha value is -1.69. The lowest BCUT2D eigenvalue weighted by Crippen LogP contribution is -2.40. The fraction of sp³-hybridized carbons (Fsp3) is 0.300. The van der Waals surface area contributed by atoms with E-state index >= 15 is 0 Å². The normalized spacial score (nSPS) is 23.9. The fourth-order valence-electron chi connectivity index (χ4n) is 2.08. The molecule has 1 unspecified atom stereocenters. The van der Waals surface area contributed by atoms with E-state index in [-0.39, 0.29) is 24.1 Å². The van der Waals surface area contributed by atoms with Gasteiger partial charge < -0.3 is 4.90 Å². The van der Waals surface area contributed by atoms with E-state index in [4.69, 9.17) is 0 Å². The van der Waals surface area contributed by atoms with E-state index in [0.29, 0.717) is 12.1 Å². The Morgan fingerprint density at radius 2 is 2.19 bits per heavy atom. The van der Waals surface area contributed by atoms with Crippen LogP contribution in [0.4, 0.5) is 0 Å². The molecule has 82 valence electrons. The molecule has 0 spiro atoms. The highest BCUT2D eigenvalue weighted by Gasteiger charge is 2.41. The van der Waals surface area contributed by atoms with Crippen molar-refractivity contribution in [2.75, 3.05) is 0 Å². The average Bonchev–Trinajstić information content (AvgIpc) is 2.85. The highest BCUT2D eigenvalue weighted by molar-refractivity contribution is 7.10. The van der Waals surface area contributed by atoms with Gasteiger partial charge in [-0.05, 0) is 11.4 Å². The van der Waals surface area contributed by atoms with Gasteiger partial charge >= 0.3 is 0 Å². The van der Waals surface area contributed by atoms with Crippen molar-refractivity contribution in [2.24, 2.45) is 0 Å². The van der Waals surface area contributed by atoms with Crippen molar-refractivity contribution in [3.05, 3.63) is 21.9 Å². The lowest BCUT2D eigenvalue weighted by atomic mass is 10.2. The summed E-state index contributed by atoms with van der Waals surface area (Å²) in [6, 6.07) is 1.14. The van der Waals surface area contributed by atoms with Crippen LogP contribution in [0, 0.1) is 0 Å². The van der Waals surface area contributed by atoms with Crippen LogP contribution in [0.15, 0.2) is 11.4 Å². The molecule has 3 rings (SSSR count). The van der Waals surface area contributed by atoms with Gasteiger partial charge in [0.15, 0.2) is 0 Å². The molecule has 1 saturated heterocycles. The minimum Gasteiger partial charge on any atom is -0.321 e. The molecule has 0 radical (unpaired) electrons. The minimum absolute atomic E-state index is 0.0829. The van der Waals surface area contributed by atoms with E-state index in [0.717, 1.165) is 4.88 Å². The number of carbonyl (C=O) groups is 3. The summed E-state index contributed by atoms with van der Waals surface area (Å²) in [4.78, 5) is 36.9. The lowest BCUT2D eigenvalue weighted by molar-refractivity contribution is -0.126. The Labute approximate surface area is 95.0 Å². The lowest BCUT2D eigenvalue weighted by Gasteiger charge is -2.20. The first-order chi connectivity index (χ1) is 7.66. The molecular formula is C10H8N2O3S. The van der Waals surface area contributed by atoms with Crippen molar-refractivity contribution in [3.63, 3.8) is 0 Å². The van der Waals surface area contributed by atoms with Crippen LogP contribution >= 0.6 is 11.3 Å². The second-order valence-electron chi connectivity index (χ2n) is 3.82. The summed E-state index contributed by atoms with van der Waals surface area (Å²) < 4.78 is 0. The zero-order chi connectivity index (χ0) is 11.3. The second-order valence-corrected chi connectivity index (χ2v) is 4.82. The van der Waals surface area contributed by atoms with Crippen LogP contribution in [0.2, 0.25) is 0 Å². The summed E-state index contributed by atoms with van der Waals surface area (Å²) in [5.74, 6) is -0.822. The number of amides is 3. The van der Waals surface area contributed by atoms with Gasteiger partial charge in [0, 0.05) is 4.88 Å². The molecule has 1 aromatic heterocycles. The van der Waals surface area contributed by atoms with Gasteiger partial charge in [-0.15, -0.1) is 11.3 Å². The Kier molecular flexibility index (Phi) is 1.88. The summed E-state index contributed by atoms with van der Waals surface area (Å²) in [7, 11) is 0. The number of fused-ring (bicyclic) bond motifs is 1. The van der Waals surface area contributed by atoms with Crippen molar-refractivity contribution in [3.8, 4) is 0 Å². The molecule has 0 saturated carbocycles. The molecule has 1 N–H and O–H groups in total. The topological polar surface area (TPSA) is 66.5 Å². The number of hydrogen-bond acceptors (Lipinski definition) is 4. The van der Waals surface area contributed by atoms with Crippen LogP contribution < -0.4 is 5.32 Å². The molecule has 3 heterocycles. The molecule has 1 atom stereocenters. The molecule has 1 aromatic rings. The maximum atomic E-state index is 11.9. The fourth-order valence-corrected chi connectivity index (χ4v) is 2.94. The zero-order valence-electron chi connectivity index (χ0n) is 8.23. The molecule has 0 aromatic carbocycles. The highest BCUT2D eigenvalue weighted by Crippen LogP contribution is 2.30. The van der Waals surface area contributed by atoms with E-state index < -0.39 is 6.04 Å². The molecule has 1 fully saturated rings. The number of imide groups is 1. The molecule has 3 amide bonds. The van der Waals surface area contributed by atoms with Gasteiger partial charge in [0.05, 0.1) is 18.5 Å².